The van der Waals surface area contributed by atoms with Gasteiger partial charge in [0.15, 0.2) is 11.5 Å². The Morgan fingerprint density at radius 1 is 1.24 bits per heavy atom. The molecule has 1 aromatic rings. The largest absolute Gasteiger partial charge is 0.493 e. The highest BCUT2D eigenvalue weighted by Crippen LogP contribution is 2.29. The maximum absolute atomic E-state index is 12.4. The van der Waals surface area contributed by atoms with Crippen LogP contribution in [0.4, 0.5) is 0 Å². The topological polar surface area (TPSA) is 73.6 Å². The van der Waals surface area contributed by atoms with Crippen molar-refractivity contribution >= 4 is 5.91 Å². The highest BCUT2D eigenvalue weighted by molar-refractivity contribution is 5.86. The molecule has 5 nitrogen and oxygen atoms in total. The van der Waals surface area contributed by atoms with Crippen molar-refractivity contribution in [2.75, 3.05) is 13.7 Å². The van der Waals surface area contributed by atoms with Crippen LogP contribution in [0.25, 0.3) is 0 Å². The van der Waals surface area contributed by atoms with Crippen LogP contribution in [0.3, 0.4) is 0 Å². The molecule has 1 aliphatic carbocycles. The molecule has 0 radical (unpaired) electrons. The van der Waals surface area contributed by atoms with Crippen LogP contribution in [-0.2, 0) is 11.3 Å². The first kappa shape index (κ1) is 19.6. The van der Waals surface area contributed by atoms with Gasteiger partial charge < -0.3 is 20.5 Å². The average molecular weight is 348 g/mol. The molecule has 5 heteroatoms. The van der Waals surface area contributed by atoms with Gasteiger partial charge in [0, 0.05) is 6.54 Å². The second-order valence-corrected chi connectivity index (χ2v) is 7.42. The number of carbonyl (C=O) groups is 1. The Morgan fingerprint density at radius 2 is 1.96 bits per heavy atom. The van der Waals surface area contributed by atoms with Crippen LogP contribution in [0.5, 0.6) is 11.5 Å². The lowest BCUT2D eigenvalue weighted by atomic mass is 9.82. The van der Waals surface area contributed by atoms with E-state index in [1.807, 2.05) is 18.2 Å². The number of nitrogens with two attached hydrogens (primary N) is 1. The molecule has 1 aliphatic rings. The molecule has 1 saturated carbocycles. The third-order valence-corrected chi connectivity index (χ3v) is 4.83. The maximum Gasteiger partial charge on any atom is 0.240 e. The molecular formula is C20H32N2O3. The van der Waals surface area contributed by atoms with Gasteiger partial charge in [-0.3, -0.25) is 4.79 Å². The van der Waals surface area contributed by atoms with Crippen LogP contribution in [-0.4, -0.2) is 25.2 Å². The van der Waals surface area contributed by atoms with Crippen LogP contribution < -0.4 is 20.5 Å². The predicted octanol–water partition coefficient (Wildman–Crippen LogP) is 3.40. The van der Waals surface area contributed by atoms with Gasteiger partial charge in [-0.2, -0.15) is 0 Å². The van der Waals surface area contributed by atoms with E-state index in [4.69, 9.17) is 15.2 Å². The molecule has 0 unspecified atom stereocenters. The van der Waals surface area contributed by atoms with Crippen molar-refractivity contribution in [2.45, 2.75) is 64.5 Å². The number of carbonyl (C=O) groups excluding carboxylic acids is 1. The molecule has 0 aromatic heterocycles. The van der Waals surface area contributed by atoms with Gasteiger partial charge in [0.05, 0.1) is 19.3 Å². The molecule has 2 rings (SSSR count). The first-order valence-electron chi connectivity index (χ1n) is 9.31. The van der Waals surface area contributed by atoms with E-state index in [0.717, 1.165) is 43.4 Å². The molecule has 1 amide bonds. The van der Waals surface area contributed by atoms with Gasteiger partial charge in [-0.1, -0.05) is 39.2 Å². The second-order valence-electron chi connectivity index (χ2n) is 7.42. The van der Waals surface area contributed by atoms with Gasteiger partial charge in [0.25, 0.3) is 0 Å². The molecule has 140 valence electrons. The lowest BCUT2D eigenvalue weighted by Gasteiger charge is -2.31. The molecule has 0 bridgehead atoms. The summed E-state index contributed by atoms with van der Waals surface area (Å²) in [6.07, 6.45) is 5.76. The number of rotatable bonds is 8. The zero-order chi connectivity index (χ0) is 18.3. The molecule has 3 N–H and O–H groups in total. The van der Waals surface area contributed by atoms with Crippen molar-refractivity contribution in [1.82, 2.24) is 5.32 Å². The van der Waals surface area contributed by atoms with E-state index in [2.05, 4.69) is 19.2 Å². The number of hydrogen-bond acceptors (Lipinski definition) is 4. The Hall–Kier alpha value is -1.75. The lowest BCUT2D eigenvalue weighted by Crippen LogP contribution is -2.54. The molecule has 0 saturated heterocycles. The van der Waals surface area contributed by atoms with Crippen molar-refractivity contribution in [3.8, 4) is 11.5 Å². The van der Waals surface area contributed by atoms with E-state index < -0.39 is 5.54 Å². The summed E-state index contributed by atoms with van der Waals surface area (Å²) in [6, 6.07) is 5.77. The minimum absolute atomic E-state index is 0.0524. The third kappa shape index (κ3) is 5.63. The molecule has 1 fully saturated rings. The van der Waals surface area contributed by atoms with E-state index in [1.165, 1.54) is 6.42 Å². The molecule has 0 atom stereocenters. The summed E-state index contributed by atoms with van der Waals surface area (Å²) < 4.78 is 11.2. The fraction of sp³-hybridized carbons (Fsp3) is 0.650. The van der Waals surface area contributed by atoms with Crippen molar-refractivity contribution in [3.05, 3.63) is 23.8 Å². The van der Waals surface area contributed by atoms with E-state index >= 15 is 0 Å². The molecule has 0 spiro atoms. The molecule has 1 aromatic carbocycles. The normalized spacial score (nSPS) is 16.5. The van der Waals surface area contributed by atoms with Crippen molar-refractivity contribution in [1.29, 1.82) is 0 Å². The van der Waals surface area contributed by atoms with Crippen LogP contribution in [0, 0.1) is 5.92 Å². The lowest BCUT2D eigenvalue weighted by molar-refractivity contribution is -0.127. The van der Waals surface area contributed by atoms with Crippen LogP contribution in [0.15, 0.2) is 18.2 Å². The Kier molecular flexibility index (Phi) is 7.12. The van der Waals surface area contributed by atoms with Crippen LogP contribution >= 0.6 is 0 Å². The third-order valence-electron chi connectivity index (χ3n) is 4.83. The number of methoxy groups -OCH3 is 1. The smallest absolute Gasteiger partial charge is 0.240 e. The van der Waals surface area contributed by atoms with Crippen LogP contribution in [0.2, 0.25) is 0 Å². The van der Waals surface area contributed by atoms with Crippen molar-refractivity contribution < 1.29 is 14.3 Å². The predicted molar refractivity (Wildman–Crippen MR) is 99.8 cm³/mol. The molecule has 25 heavy (non-hydrogen) atoms. The number of amides is 1. The standard InChI is InChI=1S/C20H32N2O3/c1-15(2)9-12-25-17-8-7-16(13-18(17)24-3)14-22-19(23)20(21)10-5-4-6-11-20/h7-8,13,15H,4-6,9-12,14,21H2,1-3H3,(H,22,23). The number of benzene rings is 1. The van der Waals surface area contributed by atoms with E-state index in [-0.39, 0.29) is 5.91 Å². The van der Waals surface area contributed by atoms with Gasteiger partial charge >= 0.3 is 0 Å². The zero-order valence-electron chi connectivity index (χ0n) is 15.8. The van der Waals surface area contributed by atoms with Crippen molar-refractivity contribution in [2.24, 2.45) is 11.7 Å². The second kappa shape index (κ2) is 9.09. The fourth-order valence-electron chi connectivity index (χ4n) is 3.11. The van der Waals surface area contributed by atoms with Crippen molar-refractivity contribution in [3.63, 3.8) is 0 Å². The Bertz CT molecular complexity index is 566. The number of nitrogens with one attached hydrogen (secondary N) is 1. The van der Waals surface area contributed by atoms with Gasteiger partial charge in [-0.05, 0) is 42.9 Å². The summed E-state index contributed by atoms with van der Waals surface area (Å²) in [5.74, 6) is 1.98. The Balaban J connectivity index is 1.92. The van der Waals surface area contributed by atoms with Gasteiger partial charge in [0.2, 0.25) is 5.91 Å². The van der Waals surface area contributed by atoms with E-state index in [0.29, 0.717) is 24.8 Å². The quantitative estimate of drug-likeness (QED) is 0.755. The molecular weight excluding hydrogens is 316 g/mol. The minimum Gasteiger partial charge on any atom is -0.493 e. The highest BCUT2D eigenvalue weighted by atomic mass is 16.5. The first-order valence-corrected chi connectivity index (χ1v) is 9.31. The number of hydrogen-bond donors (Lipinski definition) is 2. The summed E-state index contributed by atoms with van der Waals surface area (Å²) in [5, 5.41) is 2.98. The summed E-state index contributed by atoms with van der Waals surface area (Å²) >= 11 is 0. The minimum atomic E-state index is -0.706. The zero-order valence-corrected chi connectivity index (χ0v) is 15.8. The number of ether oxygens (including phenoxy) is 2. The Morgan fingerprint density at radius 3 is 2.60 bits per heavy atom. The van der Waals surface area contributed by atoms with Gasteiger partial charge in [-0.25, -0.2) is 0 Å². The fourth-order valence-corrected chi connectivity index (χ4v) is 3.11. The first-order chi connectivity index (χ1) is 11.9. The molecule has 0 aliphatic heterocycles. The van der Waals surface area contributed by atoms with E-state index in [1.54, 1.807) is 7.11 Å². The highest BCUT2D eigenvalue weighted by Gasteiger charge is 2.34. The SMILES string of the molecule is COc1cc(CNC(=O)C2(N)CCCCC2)ccc1OCCC(C)C. The van der Waals surface area contributed by atoms with E-state index in [9.17, 15) is 4.79 Å². The van der Waals surface area contributed by atoms with Crippen LogP contribution in [0.1, 0.15) is 57.9 Å². The monoisotopic (exact) mass is 348 g/mol. The Labute approximate surface area is 151 Å². The summed E-state index contributed by atoms with van der Waals surface area (Å²) in [6.45, 7) is 5.45. The molecule has 0 heterocycles. The maximum atomic E-state index is 12.4. The average Bonchev–Trinajstić information content (AvgIpc) is 2.60. The van der Waals surface area contributed by atoms with Gasteiger partial charge in [-0.15, -0.1) is 0 Å². The summed E-state index contributed by atoms with van der Waals surface area (Å²) in [4.78, 5) is 12.4. The summed E-state index contributed by atoms with van der Waals surface area (Å²) in [5.41, 5.74) is 6.54. The summed E-state index contributed by atoms with van der Waals surface area (Å²) in [7, 11) is 1.63. The van der Waals surface area contributed by atoms with Gasteiger partial charge in [0.1, 0.15) is 0 Å².